The van der Waals surface area contributed by atoms with Gasteiger partial charge in [-0.2, -0.15) is 0 Å². The molecular formula is C19H19OP. The van der Waals surface area contributed by atoms with Crippen molar-refractivity contribution in [3.8, 4) is 0 Å². The molecule has 2 aromatic rings. The van der Waals surface area contributed by atoms with Crippen LogP contribution in [0.2, 0.25) is 0 Å². The van der Waals surface area contributed by atoms with Crippen molar-refractivity contribution in [2.75, 3.05) is 0 Å². The molecule has 0 aromatic heterocycles. The molecule has 2 aliphatic carbocycles. The van der Waals surface area contributed by atoms with Gasteiger partial charge in [0.15, 0.2) is 0 Å². The number of carbonyl (C=O) groups excluding carboxylic acids is 1. The Kier molecular flexibility index (Phi) is 3.39. The summed E-state index contributed by atoms with van der Waals surface area (Å²) in [6, 6.07) is 21.7. The third kappa shape index (κ3) is 2.24. The molecule has 3 unspecified atom stereocenters. The van der Waals surface area contributed by atoms with Crippen LogP contribution in [0.15, 0.2) is 60.7 Å². The number of fused-ring (bicyclic) bond motifs is 2. The van der Waals surface area contributed by atoms with Crippen LogP contribution in [0.5, 0.6) is 0 Å². The Labute approximate surface area is 127 Å². The van der Waals surface area contributed by atoms with Crippen molar-refractivity contribution >= 4 is 24.3 Å². The summed E-state index contributed by atoms with van der Waals surface area (Å²) in [5.74, 6) is 1.46. The number of benzene rings is 2. The normalized spacial score (nSPS) is 27.5. The quantitative estimate of drug-likeness (QED) is 0.792. The molecular weight excluding hydrogens is 275 g/mol. The van der Waals surface area contributed by atoms with E-state index in [1.54, 1.807) is 0 Å². The molecule has 0 N–H and O–H groups in total. The summed E-state index contributed by atoms with van der Waals surface area (Å²) in [5, 5.41) is 2.85. The zero-order chi connectivity index (χ0) is 14.2. The minimum Gasteiger partial charge on any atom is -0.299 e. The topological polar surface area (TPSA) is 17.1 Å². The molecule has 2 bridgehead atoms. The molecule has 2 aromatic carbocycles. The average molecular weight is 294 g/mol. The number of rotatable bonds is 3. The van der Waals surface area contributed by atoms with E-state index in [0.717, 1.165) is 12.8 Å². The van der Waals surface area contributed by atoms with Crippen molar-refractivity contribution in [2.24, 2.45) is 11.8 Å². The molecule has 4 rings (SSSR count). The van der Waals surface area contributed by atoms with Crippen molar-refractivity contribution in [1.29, 1.82) is 0 Å². The fourth-order valence-corrected chi connectivity index (χ4v) is 7.43. The molecule has 0 radical (unpaired) electrons. The summed E-state index contributed by atoms with van der Waals surface area (Å²) >= 11 is 0. The molecule has 2 heteroatoms. The second kappa shape index (κ2) is 5.39. The first-order valence-electron chi connectivity index (χ1n) is 7.76. The Morgan fingerprint density at radius 2 is 1.38 bits per heavy atom. The zero-order valence-corrected chi connectivity index (χ0v) is 12.9. The Balaban J connectivity index is 1.80. The largest absolute Gasteiger partial charge is 0.299 e. The van der Waals surface area contributed by atoms with Gasteiger partial charge in [0, 0.05) is 18.0 Å². The predicted molar refractivity (Wildman–Crippen MR) is 88.7 cm³/mol. The zero-order valence-electron chi connectivity index (χ0n) is 12.0. The minimum atomic E-state index is -0.416. The van der Waals surface area contributed by atoms with E-state index in [1.165, 1.54) is 17.0 Å². The summed E-state index contributed by atoms with van der Waals surface area (Å²) in [6.45, 7) is 0. The average Bonchev–Trinajstić information content (AvgIpc) is 3.06. The molecule has 0 spiro atoms. The van der Waals surface area contributed by atoms with Crippen LogP contribution >= 0.6 is 7.92 Å². The molecule has 2 saturated carbocycles. The van der Waals surface area contributed by atoms with Crippen LogP contribution in [0.25, 0.3) is 0 Å². The summed E-state index contributed by atoms with van der Waals surface area (Å²) < 4.78 is 0. The highest BCUT2D eigenvalue weighted by atomic mass is 31.1. The fourth-order valence-electron chi connectivity index (χ4n) is 4.11. The van der Waals surface area contributed by atoms with Crippen LogP contribution < -0.4 is 10.6 Å². The van der Waals surface area contributed by atoms with Crippen molar-refractivity contribution in [3.63, 3.8) is 0 Å². The maximum atomic E-state index is 12.2. The van der Waals surface area contributed by atoms with E-state index in [9.17, 15) is 4.79 Å². The molecule has 0 amide bonds. The number of ketones is 1. The van der Waals surface area contributed by atoms with E-state index in [2.05, 4.69) is 60.7 Å². The van der Waals surface area contributed by atoms with Gasteiger partial charge in [0.2, 0.25) is 0 Å². The summed E-state index contributed by atoms with van der Waals surface area (Å²) in [4.78, 5) is 12.2. The second-order valence-electron chi connectivity index (χ2n) is 6.15. The molecule has 0 aliphatic heterocycles. The highest BCUT2D eigenvalue weighted by Crippen LogP contribution is 2.58. The molecule has 0 saturated heterocycles. The van der Waals surface area contributed by atoms with E-state index >= 15 is 0 Å². The van der Waals surface area contributed by atoms with E-state index in [1.807, 2.05) is 0 Å². The van der Waals surface area contributed by atoms with Crippen molar-refractivity contribution in [2.45, 2.75) is 24.9 Å². The third-order valence-electron chi connectivity index (χ3n) is 4.99. The van der Waals surface area contributed by atoms with E-state index in [4.69, 9.17) is 0 Å². The highest BCUT2D eigenvalue weighted by Gasteiger charge is 2.51. The first-order valence-corrected chi connectivity index (χ1v) is 9.18. The van der Waals surface area contributed by atoms with Gasteiger partial charge in [0.05, 0.1) is 0 Å². The Hall–Kier alpha value is -1.46. The van der Waals surface area contributed by atoms with Gasteiger partial charge < -0.3 is 0 Å². The summed E-state index contributed by atoms with van der Waals surface area (Å²) in [5.41, 5.74) is 0.567. The number of hydrogen-bond donors (Lipinski definition) is 0. The number of Topliss-reactive ketones (excluding diaryl/α,β-unsaturated/α-hetero) is 1. The smallest absolute Gasteiger partial charge is 0.136 e. The van der Waals surface area contributed by atoms with Gasteiger partial charge in [0.25, 0.3) is 0 Å². The van der Waals surface area contributed by atoms with E-state index < -0.39 is 7.92 Å². The lowest BCUT2D eigenvalue weighted by atomic mass is 10.00. The van der Waals surface area contributed by atoms with Crippen molar-refractivity contribution in [1.82, 2.24) is 0 Å². The first kappa shape index (κ1) is 13.2. The third-order valence-corrected chi connectivity index (χ3v) is 8.07. The lowest BCUT2D eigenvalue weighted by Gasteiger charge is -2.28. The van der Waals surface area contributed by atoms with Crippen LogP contribution in [-0.4, -0.2) is 11.4 Å². The highest BCUT2D eigenvalue weighted by molar-refractivity contribution is 7.73. The predicted octanol–water partition coefficient (Wildman–Crippen LogP) is 3.49. The van der Waals surface area contributed by atoms with Gasteiger partial charge in [-0.25, -0.2) is 0 Å². The van der Waals surface area contributed by atoms with Crippen LogP contribution in [0.1, 0.15) is 19.3 Å². The SMILES string of the molecule is O=C1CC2CCC1C2P(c1ccccc1)c1ccccc1. The summed E-state index contributed by atoms with van der Waals surface area (Å²) in [7, 11) is -0.416. The van der Waals surface area contributed by atoms with Crippen LogP contribution in [-0.2, 0) is 4.79 Å². The monoisotopic (exact) mass is 294 g/mol. The Morgan fingerprint density at radius 1 is 0.810 bits per heavy atom. The van der Waals surface area contributed by atoms with E-state index in [0.29, 0.717) is 23.3 Å². The fraction of sp³-hybridized carbons (Fsp3) is 0.316. The van der Waals surface area contributed by atoms with Gasteiger partial charge in [-0.1, -0.05) is 60.7 Å². The molecule has 21 heavy (non-hydrogen) atoms. The van der Waals surface area contributed by atoms with Gasteiger partial charge >= 0.3 is 0 Å². The number of carbonyl (C=O) groups is 1. The van der Waals surface area contributed by atoms with Crippen LogP contribution in [0.3, 0.4) is 0 Å². The van der Waals surface area contributed by atoms with E-state index in [-0.39, 0.29) is 0 Å². The van der Waals surface area contributed by atoms with Crippen LogP contribution in [0.4, 0.5) is 0 Å². The molecule has 3 atom stereocenters. The lowest BCUT2D eigenvalue weighted by Crippen LogP contribution is -2.26. The first-order chi connectivity index (χ1) is 10.3. The van der Waals surface area contributed by atoms with Crippen molar-refractivity contribution in [3.05, 3.63) is 60.7 Å². The minimum absolute atomic E-state index is 0.321. The van der Waals surface area contributed by atoms with Crippen molar-refractivity contribution < 1.29 is 4.79 Å². The molecule has 0 heterocycles. The molecule has 2 fully saturated rings. The van der Waals surface area contributed by atoms with Gasteiger partial charge in [0.1, 0.15) is 5.78 Å². The standard InChI is InChI=1S/C19H19OP/c20-18-13-14-11-12-17(18)19(14)21(15-7-3-1-4-8-15)16-9-5-2-6-10-16/h1-10,14,17,19H,11-13H2. The lowest BCUT2D eigenvalue weighted by molar-refractivity contribution is -0.121. The molecule has 106 valence electrons. The Bertz CT molecular complexity index is 598. The maximum Gasteiger partial charge on any atom is 0.136 e. The van der Waals surface area contributed by atoms with Gasteiger partial charge in [-0.15, -0.1) is 0 Å². The summed E-state index contributed by atoms with van der Waals surface area (Å²) in [6.07, 6.45) is 3.19. The van der Waals surface area contributed by atoms with Gasteiger partial charge in [-0.3, -0.25) is 4.79 Å². The van der Waals surface area contributed by atoms with Gasteiger partial charge in [-0.05, 0) is 37.3 Å². The Morgan fingerprint density at radius 3 is 1.81 bits per heavy atom. The molecule has 2 aliphatic rings. The second-order valence-corrected chi connectivity index (χ2v) is 8.52. The maximum absolute atomic E-state index is 12.2. The number of hydrogen-bond acceptors (Lipinski definition) is 1. The van der Waals surface area contributed by atoms with Crippen LogP contribution in [0, 0.1) is 11.8 Å². The molecule has 1 nitrogen and oxygen atoms in total.